The third kappa shape index (κ3) is 8.22. The Bertz CT molecular complexity index is 1460. The molecule has 4 N–H and O–H groups in total. The molecule has 0 spiro atoms. The zero-order valence-electron chi connectivity index (χ0n) is 31.0. The number of unbranched alkanes of at least 4 members (excludes halogenated alkanes) is 4. The smallest absolute Gasteiger partial charge is 0.327 e. The van der Waals surface area contributed by atoms with Gasteiger partial charge in [0.15, 0.2) is 11.8 Å². The Kier molecular flexibility index (Phi) is 13.1. The van der Waals surface area contributed by atoms with Gasteiger partial charge in [0.2, 0.25) is 17.7 Å². The number of aliphatic hydroxyl groups excluding tert-OH is 2. The number of carbonyl (C=O) groups is 4. The summed E-state index contributed by atoms with van der Waals surface area (Å²) in [6, 6.07) is 4.84. The molecule has 1 aromatic carbocycles. The second kappa shape index (κ2) is 17.2. The third-order valence-corrected chi connectivity index (χ3v) is 10.6. The van der Waals surface area contributed by atoms with E-state index in [1.54, 1.807) is 20.2 Å². The molecule has 0 aromatic heterocycles. The van der Waals surface area contributed by atoms with Crippen molar-refractivity contribution in [2.24, 2.45) is 5.41 Å². The standard InChI is InChI=1S/C38H56N4O10/c1-6-8-10-17-37(18-11-9-7-2)50-30-27-22-38(36(48)40-29(24(3)44)34(46)39-19-20-43)32(35(47)49-27)42(52-33(38)31(30)51-37)23-26-14-12-13-25(21-26)15-16-28(45)41(4)5/h12-16,21,24,27,29-33,43-44H,6-11,17-20,22-23H2,1-5H3,(H,39,46)(H,40,48)/t24-,27+,29+,30-,31-,32+,33+,38+/m0/s1. The van der Waals surface area contributed by atoms with E-state index in [9.17, 15) is 29.4 Å². The van der Waals surface area contributed by atoms with Crippen LogP contribution in [0.25, 0.3) is 6.08 Å². The number of amides is 3. The molecule has 52 heavy (non-hydrogen) atoms. The van der Waals surface area contributed by atoms with Gasteiger partial charge >= 0.3 is 5.97 Å². The Labute approximate surface area is 306 Å². The van der Waals surface area contributed by atoms with Gasteiger partial charge in [-0.2, -0.15) is 5.06 Å². The number of benzene rings is 1. The van der Waals surface area contributed by atoms with E-state index in [0.717, 1.165) is 49.7 Å². The molecule has 4 fully saturated rings. The average Bonchev–Trinajstić information content (AvgIpc) is 3.67. The van der Waals surface area contributed by atoms with Crippen molar-refractivity contribution >= 4 is 29.8 Å². The molecule has 2 bridgehead atoms. The van der Waals surface area contributed by atoms with E-state index in [2.05, 4.69) is 24.5 Å². The molecule has 1 aromatic rings. The predicted octanol–water partition coefficient (Wildman–Crippen LogP) is 2.20. The molecule has 3 amide bonds. The lowest BCUT2D eigenvalue weighted by atomic mass is 9.62. The molecule has 14 nitrogen and oxygen atoms in total. The highest BCUT2D eigenvalue weighted by Gasteiger charge is 2.76. The van der Waals surface area contributed by atoms with E-state index in [4.69, 9.17) is 19.0 Å². The fourth-order valence-electron chi connectivity index (χ4n) is 7.96. The Hall–Kier alpha value is -3.40. The van der Waals surface area contributed by atoms with Crippen LogP contribution in [0.5, 0.6) is 0 Å². The zero-order chi connectivity index (χ0) is 37.6. The fourth-order valence-corrected chi connectivity index (χ4v) is 7.96. The summed E-state index contributed by atoms with van der Waals surface area (Å²) in [4.78, 5) is 62.3. The number of hydrogen-bond donors (Lipinski definition) is 4. The summed E-state index contributed by atoms with van der Waals surface area (Å²) >= 11 is 0. The van der Waals surface area contributed by atoms with Gasteiger partial charge in [-0.1, -0.05) is 63.8 Å². The van der Waals surface area contributed by atoms with E-state index in [-0.39, 0.29) is 32.0 Å². The van der Waals surface area contributed by atoms with Crippen molar-refractivity contribution in [3.63, 3.8) is 0 Å². The number of likely N-dealkylation sites (N-methyl/N-ethyl adjacent to an activating group) is 1. The Morgan fingerprint density at radius 3 is 2.40 bits per heavy atom. The normalized spacial score (nSPS) is 28.6. The number of ether oxygens (including phenoxy) is 3. The molecular formula is C38H56N4O10. The lowest BCUT2D eigenvalue weighted by Gasteiger charge is -2.49. The highest BCUT2D eigenvalue weighted by atomic mass is 16.8. The van der Waals surface area contributed by atoms with Crippen LogP contribution in [0.2, 0.25) is 0 Å². The van der Waals surface area contributed by atoms with Crippen LogP contribution in [0.1, 0.15) is 89.7 Å². The number of hydrogen-bond acceptors (Lipinski definition) is 11. The molecule has 4 aliphatic rings. The second-order valence-corrected chi connectivity index (χ2v) is 14.7. The summed E-state index contributed by atoms with van der Waals surface area (Å²) in [5.41, 5.74) is -0.0521. The molecule has 3 heterocycles. The van der Waals surface area contributed by atoms with Gasteiger partial charge in [-0.3, -0.25) is 24.0 Å². The molecule has 14 heteroatoms. The average molecular weight is 729 g/mol. The van der Waals surface area contributed by atoms with Crippen molar-refractivity contribution in [2.75, 3.05) is 27.2 Å². The van der Waals surface area contributed by atoms with Crippen LogP contribution in [0.3, 0.4) is 0 Å². The summed E-state index contributed by atoms with van der Waals surface area (Å²) in [6.07, 6.45) is 5.76. The third-order valence-electron chi connectivity index (χ3n) is 10.6. The zero-order valence-corrected chi connectivity index (χ0v) is 31.0. The minimum atomic E-state index is -1.56. The van der Waals surface area contributed by atoms with Gasteiger partial charge in [-0.25, -0.2) is 0 Å². The van der Waals surface area contributed by atoms with Gasteiger partial charge in [-0.15, -0.1) is 0 Å². The largest absolute Gasteiger partial charge is 0.458 e. The summed E-state index contributed by atoms with van der Waals surface area (Å²) in [5, 5.41) is 26.6. The number of nitrogens with zero attached hydrogens (tertiary/aromatic N) is 2. The molecule has 5 rings (SSSR count). The van der Waals surface area contributed by atoms with E-state index in [1.165, 1.54) is 23.0 Å². The lowest BCUT2D eigenvalue weighted by Crippen LogP contribution is -2.71. The van der Waals surface area contributed by atoms with E-state index in [1.807, 2.05) is 24.3 Å². The van der Waals surface area contributed by atoms with E-state index >= 15 is 0 Å². The number of hydroxylamine groups is 2. The van der Waals surface area contributed by atoms with Gasteiger partial charge in [0.1, 0.15) is 35.9 Å². The van der Waals surface area contributed by atoms with Gasteiger partial charge in [0.25, 0.3) is 0 Å². The molecule has 1 saturated carbocycles. The highest BCUT2D eigenvalue weighted by Crippen LogP contribution is 2.58. The minimum absolute atomic E-state index is 0.0567. The molecule has 8 atom stereocenters. The van der Waals surface area contributed by atoms with Gasteiger partial charge in [0, 0.05) is 46.0 Å². The van der Waals surface area contributed by atoms with Crippen LogP contribution in [0.15, 0.2) is 30.3 Å². The summed E-state index contributed by atoms with van der Waals surface area (Å²) in [7, 11) is 3.34. The number of nitrogens with one attached hydrogen (secondary N) is 2. The molecule has 0 unspecified atom stereocenters. The first-order valence-electron chi connectivity index (χ1n) is 18.7. The van der Waals surface area contributed by atoms with Crippen LogP contribution in [-0.2, 0) is 44.8 Å². The maximum absolute atomic E-state index is 14.8. The van der Waals surface area contributed by atoms with Crippen molar-refractivity contribution in [3.05, 3.63) is 41.5 Å². The topological polar surface area (TPSA) is 176 Å². The van der Waals surface area contributed by atoms with Crippen LogP contribution >= 0.6 is 0 Å². The number of fused-ring (bicyclic) bond motifs is 4. The monoisotopic (exact) mass is 728 g/mol. The van der Waals surface area contributed by atoms with Crippen molar-refractivity contribution in [1.29, 1.82) is 0 Å². The summed E-state index contributed by atoms with van der Waals surface area (Å²) in [5.74, 6) is -3.08. The van der Waals surface area contributed by atoms with Crippen molar-refractivity contribution in [2.45, 2.75) is 133 Å². The van der Waals surface area contributed by atoms with Gasteiger partial charge < -0.3 is 40.0 Å². The van der Waals surface area contributed by atoms with Crippen molar-refractivity contribution < 1.29 is 48.4 Å². The molecule has 3 saturated heterocycles. The number of rotatable bonds is 18. The van der Waals surface area contributed by atoms with Crippen LogP contribution in [0, 0.1) is 5.41 Å². The quantitative estimate of drug-likeness (QED) is 0.0991. The maximum atomic E-state index is 14.8. The summed E-state index contributed by atoms with van der Waals surface area (Å²) in [6.45, 7) is 5.35. The lowest BCUT2D eigenvalue weighted by molar-refractivity contribution is -0.224. The minimum Gasteiger partial charge on any atom is -0.458 e. The maximum Gasteiger partial charge on any atom is 0.327 e. The first-order valence-corrected chi connectivity index (χ1v) is 18.7. The van der Waals surface area contributed by atoms with Crippen LogP contribution in [0.4, 0.5) is 0 Å². The fraction of sp³-hybridized carbons (Fsp3) is 0.684. The van der Waals surface area contributed by atoms with Gasteiger partial charge in [-0.05, 0) is 37.0 Å². The van der Waals surface area contributed by atoms with Crippen LogP contribution < -0.4 is 10.6 Å². The van der Waals surface area contributed by atoms with E-state index in [0.29, 0.717) is 12.8 Å². The molecule has 0 radical (unpaired) electrons. The Balaban J connectivity index is 1.52. The molecular weight excluding hydrogens is 672 g/mol. The molecule has 288 valence electrons. The second-order valence-electron chi connectivity index (χ2n) is 14.7. The van der Waals surface area contributed by atoms with Gasteiger partial charge in [0.05, 0.1) is 19.3 Å². The number of aliphatic hydroxyl groups is 2. The molecule has 3 aliphatic heterocycles. The Morgan fingerprint density at radius 2 is 1.77 bits per heavy atom. The number of carbonyl (C=O) groups excluding carboxylic acids is 4. The first-order chi connectivity index (χ1) is 24.9. The van der Waals surface area contributed by atoms with Crippen LogP contribution in [-0.4, -0.2) is 120 Å². The highest BCUT2D eigenvalue weighted by molar-refractivity contribution is 5.96. The SMILES string of the molecule is CCCCCC1(CCCCC)O[C@@H]2[C@H](O1)[C@H]1ON(Cc3cccc(C=CC(=O)N(C)C)c3)[C@@H]3C(=O)O[C@@H]2C[C@]13C(=O)N[C@@H](C(=O)NCCO)[C@H](C)O. The van der Waals surface area contributed by atoms with Crippen molar-refractivity contribution in [1.82, 2.24) is 20.6 Å². The first kappa shape index (κ1) is 39.8. The van der Waals surface area contributed by atoms with E-state index < -0.39 is 71.6 Å². The number of esters is 1. The predicted molar refractivity (Wildman–Crippen MR) is 190 cm³/mol. The summed E-state index contributed by atoms with van der Waals surface area (Å²) < 4.78 is 19.8. The Morgan fingerprint density at radius 1 is 1.08 bits per heavy atom. The van der Waals surface area contributed by atoms with Crippen molar-refractivity contribution in [3.8, 4) is 0 Å². The molecule has 1 aliphatic carbocycles.